The van der Waals surface area contributed by atoms with E-state index in [2.05, 4.69) is 20.6 Å². The van der Waals surface area contributed by atoms with Gasteiger partial charge in [0.15, 0.2) is 0 Å². The Kier molecular flexibility index (Phi) is 5.87. The Hall–Kier alpha value is -1.60. The van der Waals surface area contributed by atoms with Crippen molar-refractivity contribution >= 4 is 45.1 Å². The lowest BCUT2D eigenvalue weighted by atomic mass is 9.86. The zero-order valence-corrected chi connectivity index (χ0v) is 16.9. The molecule has 8 heteroatoms. The van der Waals surface area contributed by atoms with Crippen molar-refractivity contribution in [2.75, 3.05) is 11.9 Å². The topological polar surface area (TPSA) is 76.1 Å². The van der Waals surface area contributed by atoms with Crippen molar-refractivity contribution in [2.24, 2.45) is 5.92 Å². The second-order valence-corrected chi connectivity index (χ2v) is 8.98. The van der Waals surface area contributed by atoms with Crippen molar-refractivity contribution in [1.29, 1.82) is 0 Å². The molecule has 142 valence electrons. The smallest absolute Gasteiger partial charge is 0.407 e. The number of hydrogen-bond donors (Lipinski definition) is 2. The number of amides is 1. The standard InChI is InChI=1S/C18H25ClN4O2S/c1-18(2,3)25-17(24)20-10-11-4-6-12(7-5-11)21-15-14-13(8-9-26-14)22-16(19)23-15/h8-9,11-12H,4-7,10H2,1-3H3,(H,20,24)(H,21,22,23). The van der Waals surface area contributed by atoms with Crippen LogP contribution >= 0.6 is 22.9 Å². The SMILES string of the molecule is CC(C)(C)OC(=O)NCC1CCC(Nc2nc(Cl)nc3ccsc23)CC1. The molecule has 0 radical (unpaired) electrons. The van der Waals surface area contributed by atoms with Crippen LogP contribution in [0.5, 0.6) is 0 Å². The summed E-state index contributed by atoms with van der Waals surface area (Å²) in [6.45, 7) is 6.27. The fourth-order valence-electron chi connectivity index (χ4n) is 3.18. The summed E-state index contributed by atoms with van der Waals surface area (Å²) in [6, 6.07) is 2.32. The minimum Gasteiger partial charge on any atom is -0.444 e. The van der Waals surface area contributed by atoms with Crippen LogP contribution in [0, 0.1) is 5.92 Å². The molecule has 1 amide bonds. The largest absolute Gasteiger partial charge is 0.444 e. The Morgan fingerprint density at radius 2 is 2.04 bits per heavy atom. The third-order valence-electron chi connectivity index (χ3n) is 4.40. The third kappa shape index (κ3) is 5.20. The van der Waals surface area contributed by atoms with Gasteiger partial charge in [-0.05, 0) is 75.4 Å². The van der Waals surface area contributed by atoms with E-state index in [0.717, 1.165) is 41.7 Å². The summed E-state index contributed by atoms with van der Waals surface area (Å²) in [7, 11) is 0. The number of halogens is 1. The van der Waals surface area contributed by atoms with Crippen LogP contribution in [0.2, 0.25) is 5.28 Å². The van der Waals surface area contributed by atoms with Crippen molar-refractivity contribution in [1.82, 2.24) is 15.3 Å². The highest BCUT2D eigenvalue weighted by molar-refractivity contribution is 7.17. The van der Waals surface area contributed by atoms with Crippen LogP contribution in [0.25, 0.3) is 10.2 Å². The predicted octanol–water partition coefficient (Wildman–Crippen LogP) is 4.84. The highest BCUT2D eigenvalue weighted by Gasteiger charge is 2.24. The Balaban J connectivity index is 1.48. The molecule has 3 rings (SSSR count). The first kappa shape index (κ1) is 19.2. The maximum atomic E-state index is 11.8. The number of thiophene rings is 1. The van der Waals surface area contributed by atoms with Gasteiger partial charge in [-0.1, -0.05) is 0 Å². The molecule has 2 aromatic rings. The average molecular weight is 397 g/mol. The van der Waals surface area contributed by atoms with Crippen LogP contribution in [0.1, 0.15) is 46.5 Å². The van der Waals surface area contributed by atoms with Crippen LogP contribution in [0.15, 0.2) is 11.4 Å². The fraction of sp³-hybridized carbons (Fsp3) is 0.611. The molecule has 0 unspecified atom stereocenters. The van der Waals surface area contributed by atoms with Gasteiger partial charge in [-0.2, -0.15) is 4.98 Å². The summed E-state index contributed by atoms with van der Waals surface area (Å²) < 4.78 is 6.33. The van der Waals surface area contributed by atoms with Gasteiger partial charge in [0.1, 0.15) is 11.4 Å². The Labute approximate surface area is 162 Å². The van der Waals surface area contributed by atoms with Crippen molar-refractivity contribution < 1.29 is 9.53 Å². The molecule has 26 heavy (non-hydrogen) atoms. The molecule has 1 aliphatic rings. The summed E-state index contributed by atoms with van der Waals surface area (Å²) in [5.74, 6) is 1.31. The van der Waals surface area contributed by atoms with E-state index < -0.39 is 5.60 Å². The summed E-state index contributed by atoms with van der Waals surface area (Å²) in [5, 5.41) is 8.69. The summed E-state index contributed by atoms with van der Waals surface area (Å²) >= 11 is 7.65. The molecule has 2 aromatic heterocycles. The minimum atomic E-state index is -0.461. The molecule has 0 aromatic carbocycles. The molecule has 0 bridgehead atoms. The molecule has 0 spiro atoms. The number of nitrogens with zero attached hydrogens (tertiary/aromatic N) is 2. The van der Waals surface area contributed by atoms with Crippen LogP contribution in [-0.4, -0.2) is 34.2 Å². The van der Waals surface area contributed by atoms with Gasteiger partial charge in [-0.15, -0.1) is 11.3 Å². The number of ether oxygens (including phenoxy) is 1. The van der Waals surface area contributed by atoms with E-state index in [1.165, 1.54) is 0 Å². The van der Waals surface area contributed by atoms with Gasteiger partial charge in [0.05, 0.1) is 10.2 Å². The van der Waals surface area contributed by atoms with E-state index in [1.54, 1.807) is 11.3 Å². The monoisotopic (exact) mass is 396 g/mol. The molecule has 1 aliphatic carbocycles. The molecule has 2 heterocycles. The molecule has 2 N–H and O–H groups in total. The normalized spacial score (nSPS) is 20.8. The van der Waals surface area contributed by atoms with E-state index in [9.17, 15) is 4.79 Å². The van der Waals surface area contributed by atoms with Crippen LogP contribution in [0.3, 0.4) is 0 Å². The fourth-order valence-corrected chi connectivity index (χ4v) is 4.14. The second kappa shape index (κ2) is 7.96. The summed E-state index contributed by atoms with van der Waals surface area (Å²) in [4.78, 5) is 20.4. The molecule has 1 saturated carbocycles. The van der Waals surface area contributed by atoms with Gasteiger partial charge in [0.2, 0.25) is 5.28 Å². The predicted molar refractivity (Wildman–Crippen MR) is 106 cm³/mol. The van der Waals surface area contributed by atoms with Crippen molar-refractivity contribution in [2.45, 2.75) is 58.1 Å². The van der Waals surface area contributed by atoms with Gasteiger partial charge in [0, 0.05) is 12.6 Å². The molecule has 0 saturated heterocycles. The first-order valence-corrected chi connectivity index (χ1v) is 10.2. The van der Waals surface area contributed by atoms with Crippen LogP contribution in [-0.2, 0) is 4.74 Å². The maximum absolute atomic E-state index is 11.8. The molecule has 0 aliphatic heterocycles. The Morgan fingerprint density at radius 1 is 1.31 bits per heavy atom. The summed E-state index contributed by atoms with van der Waals surface area (Å²) in [5.41, 5.74) is 0.421. The highest BCUT2D eigenvalue weighted by Crippen LogP contribution is 2.31. The average Bonchev–Trinajstić information content (AvgIpc) is 3.01. The van der Waals surface area contributed by atoms with E-state index in [0.29, 0.717) is 18.5 Å². The van der Waals surface area contributed by atoms with E-state index in [-0.39, 0.29) is 11.4 Å². The van der Waals surface area contributed by atoms with Gasteiger partial charge in [0.25, 0.3) is 0 Å². The lowest BCUT2D eigenvalue weighted by Crippen LogP contribution is -2.37. The number of carbonyl (C=O) groups excluding carboxylic acids is 1. The lowest BCUT2D eigenvalue weighted by Gasteiger charge is -2.30. The first-order chi connectivity index (χ1) is 12.3. The Bertz CT molecular complexity index is 766. The molecule has 1 fully saturated rings. The quantitative estimate of drug-likeness (QED) is 0.723. The zero-order chi connectivity index (χ0) is 18.7. The van der Waals surface area contributed by atoms with Gasteiger partial charge < -0.3 is 15.4 Å². The van der Waals surface area contributed by atoms with Gasteiger partial charge in [-0.25, -0.2) is 9.78 Å². The van der Waals surface area contributed by atoms with E-state index in [1.807, 2.05) is 32.2 Å². The number of anilines is 1. The molecular formula is C18H25ClN4O2S. The maximum Gasteiger partial charge on any atom is 0.407 e. The van der Waals surface area contributed by atoms with Crippen LogP contribution in [0.4, 0.5) is 10.6 Å². The number of carbonyl (C=O) groups is 1. The van der Waals surface area contributed by atoms with Gasteiger partial charge >= 0.3 is 6.09 Å². The van der Waals surface area contributed by atoms with Crippen molar-refractivity contribution in [3.05, 3.63) is 16.7 Å². The number of alkyl carbamates (subject to hydrolysis) is 1. The minimum absolute atomic E-state index is 0.272. The lowest BCUT2D eigenvalue weighted by molar-refractivity contribution is 0.0515. The number of nitrogens with one attached hydrogen (secondary N) is 2. The number of aromatic nitrogens is 2. The van der Waals surface area contributed by atoms with Gasteiger partial charge in [-0.3, -0.25) is 0 Å². The van der Waals surface area contributed by atoms with Crippen LogP contribution < -0.4 is 10.6 Å². The second-order valence-electron chi connectivity index (χ2n) is 7.72. The van der Waals surface area contributed by atoms with Crippen molar-refractivity contribution in [3.8, 4) is 0 Å². The number of fused-ring (bicyclic) bond motifs is 1. The van der Waals surface area contributed by atoms with E-state index >= 15 is 0 Å². The first-order valence-electron chi connectivity index (χ1n) is 8.94. The summed E-state index contributed by atoms with van der Waals surface area (Å²) in [6.07, 6.45) is 3.85. The highest BCUT2D eigenvalue weighted by atomic mass is 35.5. The third-order valence-corrected chi connectivity index (χ3v) is 5.48. The molecular weight excluding hydrogens is 372 g/mol. The van der Waals surface area contributed by atoms with Crippen molar-refractivity contribution in [3.63, 3.8) is 0 Å². The number of rotatable bonds is 4. The molecule has 6 nitrogen and oxygen atoms in total. The number of hydrogen-bond acceptors (Lipinski definition) is 6. The molecule has 0 atom stereocenters. The Morgan fingerprint density at radius 3 is 2.73 bits per heavy atom. The van der Waals surface area contributed by atoms with E-state index in [4.69, 9.17) is 16.3 Å². The zero-order valence-electron chi connectivity index (χ0n) is 15.3.